The van der Waals surface area contributed by atoms with Crippen LogP contribution in [0.3, 0.4) is 0 Å². The summed E-state index contributed by atoms with van der Waals surface area (Å²) in [5, 5.41) is 8.26. The van der Waals surface area contributed by atoms with Crippen LogP contribution in [0.1, 0.15) is 31.5 Å². The molecule has 0 aliphatic heterocycles. The largest absolute Gasteiger partial charge is 0.373 e. The summed E-state index contributed by atoms with van der Waals surface area (Å²) in [5.41, 5.74) is 0.837. The van der Waals surface area contributed by atoms with Gasteiger partial charge in [-0.1, -0.05) is 12.8 Å². The van der Waals surface area contributed by atoms with Gasteiger partial charge in [0.25, 0.3) is 0 Å². The summed E-state index contributed by atoms with van der Waals surface area (Å²) in [4.78, 5) is 9.03. The quantitative estimate of drug-likeness (QED) is 0.905. The predicted molar refractivity (Wildman–Crippen MR) is 77.5 cm³/mol. The first-order chi connectivity index (χ1) is 9.78. The van der Waals surface area contributed by atoms with E-state index < -0.39 is 0 Å². The second-order valence-corrected chi connectivity index (χ2v) is 5.41. The molecule has 0 bridgehead atoms. The highest BCUT2D eigenvalue weighted by atomic mass is 16.5. The van der Waals surface area contributed by atoms with Crippen molar-refractivity contribution in [2.75, 3.05) is 19.0 Å². The van der Waals surface area contributed by atoms with E-state index in [4.69, 9.17) is 4.74 Å². The number of aryl methyl sites for hydroxylation is 1. The number of aromatic nitrogens is 4. The van der Waals surface area contributed by atoms with E-state index in [1.165, 1.54) is 25.7 Å². The zero-order chi connectivity index (χ0) is 13.9. The molecule has 6 heteroatoms. The molecule has 0 spiro atoms. The Hall–Kier alpha value is -1.69. The number of nitrogens with one attached hydrogen (secondary N) is 1. The van der Waals surface area contributed by atoms with E-state index in [0.29, 0.717) is 12.4 Å². The van der Waals surface area contributed by atoms with Gasteiger partial charge in [0.05, 0.1) is 11.6 Å². The molecular formula is C14H21N5O. The lowest BCUT2D eigenvalue weighted by molar-refractivity contribution is 0.0846. The molecule has 0 amide bonds. The number of anilines is 1. The van der Waals surface area contributed by atoms with Gasteiger partial charge in [0.15, 0.2) is 11.5 Å². The molecule has 0 atom stereocenters. The van der Waals surface area contributed by atoms with Crippen LogP contribution in [-0.4, -0.2) is 33.4 Å². The monoisotopic (exact) mass is 275 g/mol. The molecule has 0 unspecified atom stereocenters. The second-order valence-electron chi connectivity index (χ2n) is 5.41. The normalized spacial score (nSPS) is 16.1. The minimum absolute atomic E-state index is 0.465. The molecule has 0 radical (unpaired) electrons. The van der Waals surface area contributed by atoms with Crippen LogP contribution < -0.4 is 5.32 Å². The summed E-state index contributed by atoms with van der Waals surface area (Å²) in [6.45, 7) is 1.29. The third kappa shape index (κ3) is 2.60. The van der Waals surface area contributed by atoms with Crippen LogP contribution in [0.25, 0.3) is 11.0 Å². The van der Waals surface area contributed by atoms with Gasteiger partial charge in [-0.25, -0.2) is 9.97 Å². The van der Waals surface area contributed by atoms with E-state index in [2.05, 4.69) is 20.4 Å². The number of fused-ring (bicyclic) bond motifs is 1. The molecule has 1 aliphatic rings. The second kappa shape index (κ2) is 5.75. The highest BCUT2D eigenvalue weighted by Gasteiger charge is 2.16. The summed E-state index contributed by atoms with van der Waals surface area (Å²) in [7, 11) is 3.75. The predicted octanol–water partition coefficient (Wildman–Crippen LogP) is 2.11. The van der Waals surface area contributed by atoms with E-state index in [0.717, 1.165) is 29.4 Å². The van der Waals surface area contributed by atoms with Crippen molar-refractivity contribution in [2.24, 2.45) is 13.0 Å². The lowest BCUT2D eigenvalue weighted by atomic mass is 10.1. The first-order valence-corrected chi connectivity index (χ1v) is 7.22. The molecule has 108 valence electrons. The van der Waals surface area contributed by atoms with Gasteiger partial charge in [-0.15, -0.1) is 0 Å². The fourth-order valence-corrected chi connectivity index (χ4v) is 2.82. The lowest BCUT2D eigenvalue weighted by Crippen LogP contribution is -2.09. The number of ether oxygens (including phenoxy) is 1. The third-order valence-corrected chi connectivity index (χ3v) is 3.93. The first-order valence-electron chi connectivity index (χ1n) is 7.22. The van der Waals surface area contributed by atoms with Gasteiger partial charge in [-0.05, 0) is 18.8 Å². The smallest absolute Gasteiger partial charge is 0.163 e. The summed E-state index contributed by atoms with van der Waals surface area (Å²) in [6.07, 6.45) is 7.06. The van der Waals surface area contributed by atoms with Gasteiger partial charge in [0.1, 0.15) is 12.4 Å². The summed E-state index contributed by atoms with van der Waals surface area (Å²) in [5.74, 6) is 2.24. The Balaban J connectivity index is 1.72. The molecule has 1 fully saturated rings. The third-order valence-electron chi connectivity index (χ3n) is 3.93. The van der Waals surface area contributed by atoms with Gasteiger partial charge >= 0.3 is 0 Å². The van der Waals surface area contributed by atoms with Gasteiger partial charge in [0.2, 0.25) is 0 Å². The highest BCUT2D eigenvalue weighted by Crippen LogP contribution is 2.25. The topological polar surface area (TPSA) is 64.9 Å². The van der Waals surface area contributed by atoms with Crippen molar-refractivity contribution in [1.82, 2.24) is 19.7 Å². The molecule has 1 aliphatic carbocycles. The van der Waals surface area contributed by atoms with Crippen LogP contribution in [0.4, 0.5) is 5.82 Å². The van der Waals surface area contributed by atoms with Crippen LogP contribution in [0, 0.1) is 5.92 Å². The van der Waals surface area contributed by atoms with E-state index in [9.17, 15) is 0 Å². The van der Waals surface area contributed by atoms with E-state index in [1.807, 2.05) is 14.1 Å². The fourth-order valence-electron chi connectivity index (χ4n) is 2.82. The van der Waals surface area contributed by atoms with Crippen molar-refractivity contribution >= 4 is 16.9 Å². The van der Waals surface area contributed by atoms with E-state index in [-0.39, 0.29) is 0 Å². The zero-order valence-corrected chi connectivity index (χ0v) is 12.1. The molecular weight excluding hydrogens is 254 g/mol. The molecule has 2 aromatic heterocycles. The first kappa shape index (κ1) is 13.3. The van der Waals surface area contributed by atoms with Crippen molar-refractivity contribution in [3.8, 4) is 0 Å². The van der Waals surface area contributed by atoms with Crippen molar-refractivity contribution < 1.29 is 4.74 Å². The number of hydrogen-bond acceptors (Lipinski definition) is 5. The fraction of sp³-hybridized carbons (Fsp3) is 0.643. The molecule has 20 heavy (non-hydrogen) atoms. The maximum absolute atomic E-state index is 5.79. The highest BCUT2D eigenvalue weighted by molar-refractivity contribution is 5.86. The Labute approximate surface area is 118 Å². The Bertz CT molecular complexity index is 589. The zero-order valence-electron chi connectivity index (χ0n) is 12.1. The summed E-state index contributed by atoms with van der Waals surface area (Å²) < 4.78 is 7.55. The van der Waals surface area contributed by atoms with Crippen LogP contribution >= 0.6 is 0 Å². The number of nitrogens with zero attached hydrogens (tertiary/aromatic N) is 4. The van der Waals surface area contributed by atoms with Crippen LogP contribution in [0.15, 0.2) is 6.20 Å². The summed E-state index contributed by atoms with van der Waals surface area (Å²) in [6, 6.07) is 0. The Morgan fingerprint density at radius 3 is 2.90 bits per heavy atom. The average molecular weight is 275 g/mol. The standard InChI is InChI=1S/C14H21N5O/c1-15-13-11-7-16-19(2)14(11)18-12(17-13)9-20-8-10-5-3-4-6-10/h7,10H,3-6,8-9H2,1-2H3,(H,15,17,18). The maximum atomic E-state index is 5.79. The molecule has 3 rings (SSSR count). The van der Waals surface area contributed by atoms with E-state index >= 15 is 0 Å². The molecule has 2 aromatic rings. The molecule has 1 saturated carbocycles. The van der Waals surface area contributed by atoms with Gasteiger partial charge in [0, 0.05) is 20.7 Å². The molecule has 0 aromatic carbocycles. The Morgan fingerprint density at radius 2 is 2.15 bits per heavy atom. The van der Waals surface area contributed by atoms with Crippen molar-refractivity contribution in [1.29, 1.82) is 0 Å². The number of hydrogen-bond donors (Lipinski definition) is 1. The van der Waals surface area contributed by atoms with Crippen LogP contribution in [0.2, 0.25) is 0 Å². The van der Waals surface area contributed by atoms with Gasteiger partial charge in [-0.3, -0.25) is 4.68 Å². The van der Waals surface area contributed by atoms with Gasteiger partial charge in [-0.2, -0.15) is 5.10 Å². The molecule has 6 nitrogen and oxygen atoms in total. The van der Waals surface area contributed by atoms with E-state index in [1.54, 1.807) is 10.9 Å². The number of rotatable bonds is 5. The molecule has 0 saturated heterocycles. The maximum Gasteiger partial charge on any atom is 0.163 e. The minimum Gasteiger partial charge on any atom is -0.373 e. The van der Waals surface area contributed by atoms with Crippen LogP contribution in [0.5, 0.6) is 0 Å². The lowest BCUT2D eigenvalue weighted by Gasteiger charge is -2.10. The van der Waals surface area contributed by atoms with Crippen molar-refractivity contribution in [2.45, 2.75) is 32.3 Å². The minimum atomic E-state index is 0.465. The van der Waals surface area contributed by atoms with Crippen molar-refractivity contribution in [3.05, 3.63) is 12.0 Å². The van der Waals surface area contributed by atoms with Gasteiger partial charge < -0.3 is 10.1 Å². The Kier molecular flexibility index (Phi) is 3.82. The SMILES string of the molecule is CNc1nc(COCC2CCCC2)nc2c1cnn2C. The van der Waals surface area contributed by atoms with Crippen molar-refractivity contribution in [3.63, 3.8) is 0 Å². The molecule has 2 heterocycles. The Morgan fingerprint density at radius 1 is 1.35 bits per heavy atom. The average Bonchev–Trinajstić information content (AvgIpc) is 3.09. The summed E-state index contributed by atoms with van der Waals surface area (Å²) >= 11 is 0. The molecule has 1 N–H and O–H groups in total. The van der Waals surface area contributed by atoms with Crippen LogP contribution in [-0.2, 0) is 18.4 Å².